The molecule has 0 aliphatic heterocycles. The molecular weight excluding hydrogens is 356 g/mol. The van der Waals surface area contributed by atoms with Crippen LogP contribution in [0.4, 0.5) is 0 Å². The van der Waals surface area contributed by atoms with E-state index in [1.54, 1.807) is 0 Å². The second kappa shape index (κ2) is 7.04. The van der Waals surface area contributed by atoms with Gasteiger partial charge in [0.1, 0.15) is 0 Å². The summed E-state index contributed by atoms with van der Waals surface area (Å²) in [6, 6.07) is 6.59. The van der Waals surface area contributed by atoms with Gasteiger partial charge in [0.05, 0.1) is 0 Å². The van der Waals surface area contributed by atoms with Crippen molar-refractivity contribution in [1.29, 1.82) is 0 Å². The summed E-state index contributed by atoms with van der Waals surface area (Å²) in [5, 5.41) is 3.57. The van der Waals surface area contributed by atoms with Crippen LogP contribution in [0.5, 0.6) is 0 Å². The Balaban J connectivity index is 1.87. The van der Waals surface area contributed by atoms with E-state index in [1.807, 2.05) is 0 Å². The first kappa shape index (κ1) is 14.5. The van der Waals surface area contributed by atoms with Crippen molar-refractivity contribution in [2.45, 2.75) is 31.7 Å². The number of nitrogens with two attached hydrogens (primary N) is 1. The lowest BCUT2D eigenvalue weighted by molar-refractivity contribution is 0.288. The van der Waals surface area contributed by atoms with Crippen molar-refractivity contribution in [1.82, 2.24) is 5.32 Å². The first-order chi connectivity index (χ1) is 8.70. The van der Waals surface area contributed by atoms with Gasteiger partial charge in [-0.15, -0.1) is 0 Å². The fraction of sp³-hybridized carbons (Fsp3) is 0.571. The van der Waals surface area contributed by atoms with Crippen molar-refractivity contribution >= 4 is 31.9 Å². The Labute approximate surface area is 126 Å². The van der Waals surface area contributed by atoms with Crippen LogP contribution >= 0.6 is 31.9 Å². The zero-order chi connectivity index (χ0) is 13.0. The molecule has 0 heterocycles. The number of hydrogen-bond acceptors (Lipinski definition) is 2. The maximum absolute atomic E-state index is 5.87. The average Bonchev–Trinajstić information content (AvgIpc) is 2.31. The van der Waals surface area contributed by atoms with Crippen molar-refractivity contribution in [3.8, 4) is 0 Å². The van der Waals surface area contributed by atoms with Crippen LogP contribution in [0.1, 0.15) is 37.3 Å². The van der Waals surface area contributed by atoms with Gasteiger partial charge in [-0.1, -0.05) is 25.3 Å². The molecule has 18 heavy (non-hydrogen) atoms. The van der Waals surface area contributed by atoms with Crippen LogP contribution in [0.2, 0.25) is 0 Å². The van der Waals surface area contributed by atoms with Crippen LogP contribution < -0.4 is 11.1 Å². The Morgan fingerprint density at radius 3 is 2.61 bits per heavy atom. The third-order valence-corrected chi connectivity index (χ3v) is 5.63. The Morgan fingerprint density at radius 2 is 2.06 bits per heavy atom. The minimum atomic E-state index is 0.259. The fourth-order valence-corrected chi connectivity index (χ4v) is 2.95. The van der Waals surface area contributed by atoms with E-state index in [4.69, 9.17) is 5.73 Å². The molecule has 1 aliphatic rings. The quantitative estimate of drug-likeness (QED) is 0.788. The van der Waals surface area contributed by atoms with E-state index in [-0.39, 0.29) is 6.04 Å². The van der Waals surface area contributed by atoms with Gasteiger partial charge in [0.2, 0.25) is 0 Å². The smallest absolute Gasteiger partial charge is 0.0444 e. The number of rotatable bonds is 6. The van der Waals surface area contributed by atoms with Crippen LogP contribution in [0.3, 0.4) is 0 Å². The van der Waals surface area contributed by atoms with Crippen molar-refractivity contribution in [3.63, 3.8) is 0 Å². The molecular formula is C14H20Br2N2. The summed E-state index contributed by atoms with van der Waals surface area (Å²) in [5.74, 6) is 0.951. The van der Waals surface area contributed by atoms with Gasteiger partial charge < -0.3 is 11.1 Å². The molecule has 1 saturated carbocycles. The van der Waals surface area contributed by atoms with Gasteiger partial charge in [0.25, 0.3) is 0 Å². The lowest BCUT2D eigenvalue weighted by Gasteiger charge is -2.26. The summed E-state index contributed by atoms with van der Waals surface area (Å²) in [6.45, 7) is 1.71. The molecule has 0 aromatic heterocycles. The molecule has 1 unspecified atom stereocenters. The monoisotopic (exact) mass is 374 g/mol. The van der Waals surface area contributed by atoms with Gasteiger partial charge in [-0.2, -0.15) is 0 Å². The van der Waals surface area contributed by atoms with Crippen LogP contribution in [-0.4, -0.2) is 13.1 Å². The number of halogens is 2. The van der Waals surface area contributed by atoms with Gasteiger partial charge in [-0.05, 0) is 68.4 Å². The van der Waals surface area contributed by atoms with Crippen LogP contribution in [0.15, 0.2) is 27.1 Å². The molecule has 1 aliphatic carbocycles. The van der Waals surface area contributed by atoms with E-state index >= 15 is 0 Å². The molecule has 4 heteroatoms. The highest BCUT2D eigenvalue weighted by Gasteiger charge is 2.17. The maximum atomic E-state index is 5.87. The molecule has 1 atom stereocenters. The van der Waals surface area contributed by atoms with E-state index in [0.717, 1.165) is 21.4 Å². The molecule has 3 N–H and O–H groups in total. The molecule has 0 amide bonds. The molecule has 2 rings (SSSR count). The second-order valence-corrected chi connectivity index (χ2v) is 6.71. The molecule has 0 saturated heterocycles. The third-order valence-electron chi connectivity index (χ3n) is 3.75. The first-order valence-corrected chi connectivity index (χ1v) is 8.17. The molecule has 0 bridgehead atoms. The van der Waals surface area contributed by atoms with Crippen molar-refractivity contribution in [2.24, 2.45) is 11.7 Å². The van der Waals surface area contributed by atoms with E-state index in [1.165, 1.54) is 31.2 Å². The number of nitrogens with one attached hydrogen (secondary N) is 1. The lowest BCUT2D eigenvalue weighted by atomic mass is 9.83. The topological polar surface area (TPSA) is 38.0 Å². The van der Waals surface area contributed by atoms with Gasteiger partial charge in [0, 0.05) is 21.5 Å². The minimum Gasteiger partial charge on any atom is -0.329 e. The minimum absolute atomic E-state index is 0.259. The molecule has 1 aromatic rings. The van der Waals surface area contributed by atoms with Crippen LogP contribution in [-0.2, 0) is 0 Å². The SMILES string of the molecule is NCC(NCCC1CCC1)c1ccc(Br)c(Br)c1. The van der Waals surface area contributed by atoms with Crippen molar-refractivity contribution in [3.05, 3.63) is 32.7 Å². The molecule has 2 nitrogen and oxygen atoms in total. The predicted octanol–water partition coefficient (Wildman–Crippen LogP) is 3.99. The summed E-state index contributed by atoms with van der Waals surface area (Å²) < 4.78 is 2.16. The third kappa shape index (κ3) is 3.80. The maximum Gasteiger partial charge on any atom is 0.0444 e. The highest BCUT2D eigenvalue weighted by molar-refractivity contribution is 9.13. The summed E-state index contributed by atoms with van der Waals surface area (Å²) >= 11 is 7.03. The Hall–Kier alpha value is 0.1000. The van der Waals surface area contributed by atoms with Crippen LogP contribution in [0.25, 0.3) is 0 Å². The highest BCUT2D eigenvalue weighted by atomic mass is 79.9. The lowest BCUT2D eigenvalue weighted by Crippen LogP contribution is -2.30. The van der Waals surface area contributed by atoms with Gasteiger partial charge in [0.15, 0.2) is 0 Å². The Kier molecular flexibility index (Phi) is 5.67. The van der Waals surface area contributed by atoms with E-state index < -0.39 is 0 Å². The Bertz CT molecular complexity index is 391. The second-order valence-electron chi connectivity index (χ2n) is 5.00. The van der Waals surface area contributed by atoms with Gasteiger partial charge >= 0.3 is 0 Å². The van der Waals surface area contributed by atoms with E-state index in [2.05, 4.69) is 55.4 Å². The Morgan fingerprint density at radius 1 is 1.28 bits per heavy atom. The average molecular weight is 376 g/mol. The largest absolute Gasteiger partial charge is 0.329 e. The summed E-state index contributed by atoms with van der Waals surface area (Å²) in [4.78, 5) is 0. The molecule has 100 valence electrons. The first-order valence-electron chi connectivity index (χ1n) is 6.59. The van der Waals surface area contributed by atoms with Gasteiger partial charge in [-0.25, -0.2) is 0 Å². The van der Waals surface area contributed by atoms with Gasteiger partial charge in [-0.3, -0.25) is 0 Å². The normalized spacial score (nSPS) is 17.5. The van der Waals surface area contributed by atoms with E-state index in [0.29, 0.717) is 6.54 Å². The molecule has 0 spiro atoms. The standard InChI is InChI=1S/C14H20Br2N2/c15-12-5-4-11(8-13(12)16)14(9-17)18-7-6-10-2-1-3-10/h4-5,8,10,14,18H,1-3,6-7,9,17H2. The predicted molar refractivity (Wildman–Crippen MR) is 83.6 cm³/mol. The highest BCUT2D eigenvalue weighted by Crippen LogP contribution is 2.29. The zero-order valence-corrected chi connectivity index (χ0v) is 13.6. The number of benzene rings is 1. The molecule has 0 radical (unpaired) electrons. The summed E-state index contributed by atoms with van der Waals surface area (Å²) in [7, 11) is 0. The zero-order valence-electron chi connectivity index (χ0n) is 10.5. The summed E-state index contributed by atoms with van der Waals surface area (Å²) in [5.41, 5.74) is 7.12. The van der Waals surface area contributed by atoms with Crippen LogP contribution in [0, 0.1) is 5.92 Å². The van der Waals surface area contributed by atoms with E-state index in [9.17, 15) is 0 Å². The molecule has 1 fully saturated rings. The molecule has 1 aromatic carbocycles. The van der Waals surface area contributed by atoms with Crippen molar-refractivity contribution in [2.75, 3.05) is 13.1 Å². The number of hydrogen-bond donors (Lipinski definition) is 2. The summed E-state index contributed by atoms with van der Waals surface area (Å²) in [6.07, 6.45) is 5.54. The van der Waals surface area contributed by atoms with Crippen molar-refractivity contribution < 1.29 is 0 Å². The fourth-order valence-electron chi connectivity index (χ4n) is 2.31.